The number of nitrogens with zero attached hydrogens (tertiary/aromatic N) is 3. The number of carbonyl (C=O) groups excluding carboxylic acids is 2. The molecule has 0 aliphatic carbocycles. The molecule has 4 unspecified atom stereocenters. The van der Waals surface area contributed by atoms with E-state index in [1.54, 1.807) is 0 Å². The molecule has 4 N–H and O–H groups in total. The Bertz CT molecular complexity index is 649. The first-order valence-corrected chi connectivity index (χ1v) is 7.48. The summed E-state index contributed by atoms with van der Waals surface area (Å²) in [6.07, 6.45) is -0.330. The van der Waals surface area contributed by atoms with Gasteiger partial charge in [0.2, 0.25) is 5.96 Å². The van der Waals surface area contributed by atoms with E-state index in [1.165, 1.54) is 22.8 Å². The smallest absolute Gasteiger partial charge is 0.328 e. The second-order valence-corrected chi connectivity index (χ2v) is 6.10. The lowest BCUT2D eigenvalue weighted by Gasteiger charge is -2.28. The van der Waals surface area contributed by atoms with E-state index in [0.717, 1.165) is 0 Å². The molecule has 3 amide bonds. The summed E-state index contributed by atoms with van der Waals surface area (Å²) in [5.41, 5.74) is -1.21. The van der Waals surface area contributed by atoms with E-state index < -0.39 is 42.5 Å². The number of hydrogen-bond acceptors (Lipinski definition) is 6. The van der Waals surface area contributed by atoms with E-state index in [1.807, 2.05) is 0 Å². The zero-order valence-electron chi connectivity index (χ0n) is 13.1. The summed E-state index contributed by atoms with van der Waals surface area (Å²) >= 11 is 0. The van der Waals surface area contributed by atoms with Crippen LogP contribution in [0.3, 0.4) is 0 Å². The number of ether oxygens (including phenoxy) is 1. The first-order valence-electron chi connectivity index (χ1n) is 7.48. The average molecular weight is 337 g/mol. The van der Waals surface area contributed by atoms with Crippen molar-refractivity contribution in [1.29, 1.82) is 5.41 Å². The van der Waals surface area contributed by atoms with Gasteiger partial charge in [-0.05, 0) is 6.92 Å². The molecule has 130 valence electrons. The Hall–Kier alpha value is -2.30. The number of aliphatic hydroxyl groups excluding tert-OH is 2. The molecule has 3 heterocycles. The number of urea groups is 1. The third-order valence-electron chi connectivity index (χ3n) is 4.43. The quantitative estimate of drug-likeness (QED) is 0.467. The summed E-state index contributed by atoms with van der Waals surface area (Å²) in [4.78, 5) is 31.4. The Labute approximate surface area is 137 Å². The number of amidine groups is 1. The number of fused-ring (bicyclic) bond motifs is 1. The Morgan fingerprint density at radius 3 is 2.88 bits per heavy atom. The minimum absolute atomic E-state index is 0.0609. The molecule has 2 fully saturated rings. The number of rotatable bonds is 4. The van der Waals surface area contributed by atoms with E-state index in [2.05, 4.69) is 16.9 Å². The maximum Gasteiger partial charge on any atom is 0.328 e. The van der Waals surface area contributed by atoms with Crippen LogP contribution >= 0.6 is 0 Å². The van der Waals surface area contributed by atoms with Gasteiger partial charge in [-0.15, -0.1) is 6.58 Å². The minimum Gasteiger partial charge on any atom is -0.393 e. The highest BCUT2D eigenvalue weighted by Crippen LogP contribution is 2.35. The predicted octanol–water partition coefficient (Wildman–Crippen LogP) is -1.40. The average Bonchev–Trinajstić information content (AvgIpc) is 2.95. The van der Waals surface area contributed by atoms with Gasteiger partial charge in [0.1, 0.15) is 11.8 Å². The van der Waals surface area contributed by atoms with Crippen LogP contribution in [0.5, 0.6) is 0 Å². The van der Waals surface area contributed by atoms with Crippen molar-refractivity contribution in [2.45, 2.75) is 37.3 Å². The monoisotopic (exact) mass is 337 g/mol. The van der Waals surface area contributed by atoms with E-state index in [4.69, 9.17) is 10.1 Å². The number of amides is 3. The van der Waals surface area contributed by atoms with Gasteiger partial charge < -0.3 is 19.8 Å². The molecule has 0 aromatic rings. The zero-order valence-corrected chi connectivity index (χ0v) is 13.1. The van der Waals surface area contributed by atoms with Crippen LogP contribution < -0.4 is 5.32 Å². The van der Waals surface area contributed by atoms with Crippen molar-refractivity contribution in [3.63, 3.8) is 0 Å². The Kier molecular flexibility index (Phi) is 3.90. The van der Waals surface area contributed by atoms with Crippen molar-refractivity contribution in [2.75, 3.05) is 13.2 Å². The highest BCUT2D eigenvalue weighted by molar-refractivity contribution is 6.25. The molecular formula is C14H19N5O5. The van der Waals surface area contributed by atoms with Crippen molar-refractivity contribution in [1.82, 2.24) is 15.1 Å². The van der Waals surface area contributed by atoms with Crippen molar-refractivity contribution in [2.24, 2.45) is 4.99 Å². The first kappa shape index (κ1) is 16.6. The fraction of sp³-hybridized carbons (Fsp3) is 0.571. The summed E-state index contributed by atoms with van der Waals surface area (Å²) in [5.74, 6) is -0.825. The van der Waals surface area contributed by atoms with Gasteiger partial charge in [0.15, 0.2) is 11.9 Å². The molecule has 4 atom stereocenters. The SMILES string of the molecule is C=CCN1C(=O)N(C2CC(O)C(C)(CO)O2)C2=NC(=N)NC(=O)C21. The topological polar surface area (TPSA) is 139 Å². The lowest BCUT2D eigenvalue weighted by molar-refractivity contribution is -0.121. The van der Waals surface area contributed by atoms with Crippen molar-refractivity contribution < 1.29 is 24.5 Å². The van der Waals surface area contributed by atoms with Crippen LogP contribution in [-0.4, -0.2) is 80.9 Å². The third-order valence-corrected chi connectivity index (χ3v) is 4.43. The van der Waals surface area contributed by atoms with Crippen molar-refractivity contribution >= 4 is 23.7 Å². The van der Waals surface area contributed by atoms with E-state index >= 15 is 0 Å². The van der Waals surface area contributed by atoms with Crippen LogP contribution in [0.4, 0.5) is 4.79 Å². The number of aliphatic imine (C=N–C) groups is 1. The Morgan fingerprint density at radius 2 is 2.29 bits per heavy atom. The second kappa shape index (κ2) is 5.65. The zero-order chi connectivity index (χ0) is 17.6. The molecule has 0 aromatic heterocycles. The Balaban J connectivity index is 1.98. The molecule has 24 heavy (non-hydrogen) atoms. The van der Waals surface area contributed by atoms with Crippen LogP contribution in [0.1, 0.15) is 13.3 Å². The molecule has 3 aliphatic heterocycles. The van der Waals surface area contributed by atoms with Crippen LogP contribution in [0.15, 0.2) is 17.6 Å². The molecule has 2 saturated heterocycles. The highest BCUT2D eigenvalue weighted by Gasteiger charge is 2.56. The molecule has 3 aliphatic rings. The lowest BCUT2D eigenvalue weighted by atomic mass is 10.0. The van der Waals surface area contributed by atoms with Crippen LogP contribution in [-0.2, 0) is 9.53 Å². The maximum absolute atomic E-state index is 12.8. The molecule has 0 aromatic carbocycles. The molecule has 10 nitrogen and oxygen atoms in total. The van der Waals surface area contributed by atoms with Gasteiger partial charge in [-0.3, -0.25) is 20.4 Å². The molecule has 0 saturated carbocycles. The number of aliphatic hydroxyl groups is 2. The molecular weight excluding hydrogens is 318 g/mol. The molecule has 0 spiro atoms. The number of hydrogen-bond donors (Lipinski definition) is 4. The maximum atomic E-state index is 12.8. The van der Waals surface area contributed by atoms with Crippen LogP contribution in [0, 0.1) is 5.41 Å². The molecule has 0 radical (unpaired) electrons. The lowest BCUT2D eigenvalue weighted by Crippen LogP contribution is -2.53. The fourth-order valence-electron chi connectivity index (χ4n) is 3.09. The van der Waals surface area contributed by atoms with Gasteiger partial charge in [0.05, 0.1) is 12.7 Å². The normalized spacial score (nSPS) is 35.9. The number of nitrogens with one attached hydrogen (secondary N) is 2. The fourth-order valence-corrected chi connectivity index (χ4v) is 3.09. The van der Waals surface area contributed by atoms with Gasteiger partial charge in [0, 0.05) is 13.0 Å². The first-order chi connectivity index (χ1) is 11.3. The minimum atomic E-state index is -1.21. The second-order valence-electron chi connectivity index (χ2n) is 6.10. The van der Waals surface area contributed by atoms with Crippen LogP contribution in [0.25, 0.3) is 0 Å². The summed E-state index contributed by atoms with van der Waals surface area (Å²) in [7, 11) is 0. The molecule has 3 rings (SSSR count). The summed E-state index contributed by atoms with van der Waals surface area (Å²) in [6, 6.07) is -1.51. The van der Waals surface area contributed by atoms with Gasteiger partial charge in [-0.2, -0.15) is 4.99 Å². The molecule has 0 bridgehead atoms. The van der Waals surface area contributed by atoms with Crippen molar-refractivity contribution in [3.05, 3.63) is 12.7 Å². The molecule has 10 heteroatoms. The van der Waals surface area contributed by atoms with E-state index in [9.17, 15) is 19.8 Å². The summed E-state index contributed by atoms with van der Waals surface area (Å²) < 4.78 is 5.68. The van der Waals surface area contributed by atoms with Gasteiger partial charge in [-0.25, -0.2) is 4.79 Å². The van der Waals surface area contributed by atoms with Gasteiger partial charge >= 0.3 is 6.03 Å². The number of guanidine groups is 1. The van der Waals surface area contributed by atoms with E-state index in [-0.39, 0.29) is 24.8 Å². The summed E-state index contributed by atoms with van der Waals surface area (Å²) in [5, 5.41) is 29.4. The largest absolute Gasteiger partial charge is 0.393 e. The third kappa shape index (κ3) is 2.30. The van der Waals surface area contributed by atoms with Crippen molar-refractivity contribution in [3.8, 4) is 0 Å². The van der Waals surface area contributed by atoms with Gasteiger partial charge in [-0.1, -0.05) is 6.08 Å². The highest BCUT2D eigenvalue weighted by atomic mass is 16.6. The van der Waals surface area contributed by atoms with Crippen LogP contribution in [0.2, 0.25) is 0 Å². The predicted molar refractivity (Wildman–Crippen MR) is 82.2 cm³/mol. The van der Waals surface area contributed by atoms with E-state index in [0.29, 0.717) is 0 Å². The Morgan fingerprint density at radius 1 is 1.58 bits per heavy atom. The number of carbonyl (C=O) groups is 2. The summed E-state index contributed by atoms with van der Waals surface area (Å²) in [6.45, 7) is 4.81. The standard InChI is InChI=1S/C14H19N5O5/c1-3-4-18-9-10(16-12(15)17-11(9)22)19(13(18)23)8-5-7(21)14(2,6-20)24-8/h3,7-9,20-21H,1,4-6H2,2H3,(H2,15,17,22). The van der Waals surface area contributed by atoms with Gasteiger partial charge in [0.25, 0.3) is 5.91 Å².